The molecule has 3 aromatic heterocycles. The van der Waals surface area contributed by atoms with E-state index in [9.17, 15) is 18.0 Å². The highest BCUT2D eigenvalue weighted by Crippen LogP contribution is 2.38. The van der Waals surface area contributed by atoms with Crippen molar-refractivity contribution in [3.63, 3.8) is 0 Å². The molecule has 1 N–H and O–H groups in total. The summed E-state index contributed by atoms with van der Waals surface area (Å²) in [6, 6.07) is 3.48. The van der Waals surface area contributed by atoms with E-state index in [4.69, 9.17) is 16.3 Å². The molecule has 0 radical (unpaired) electrons. The lowest BCUT2D eigenvalue weighted by molar-refractivity contribution is -0.147. The number of anilines is 1. The zero-order valence-corrected chi connectivity index (χ0v) is 21.2. The quantitative estimate of drug-likeness (QED) is 0.542. The SMILES string of the molecule is COc1cc(CC(=O)N2CC[C@@]3(CCc4cc(-c5nc(C(F)(F)F)n(C)n5)c(C)nc4N3)C2)c(Cl)cn1. The van der Waals surface area contributed by atoms with Crippen molar-refractivity contribution in [1.29, 1.82) is 0 Å². The molecule has 196 valence electrons. The second-order valence-electron chi connectivity index (χ2n) is 9.47. The number of carbonyl (C=O) groups excluding carboxylic acids is 1. The molecule has 0 aromatic carbocycles. The number of methoxy groups -OCH3 is 1. The van der Waals surface area contributed by atoms with Gasteiger partial charge < -0.3 is 15.0 Å². The molecule has 9 nitrogen and oxygen atoms in total. The number of aromatic nitrogens is 5. The lowest BCUT2D eigenvalue weighted by Gasteiger charge is -2.36. The molecule has 37 heavy (non-hydrogen) atoms. The maximum absolute atomic E-state index is 13.2. The van der Waals surface area contributed by atoms with Crippen LogP contribution in [0, 0.1) is 6.92 Å². The average molecular weight is 536 g/mol. The normalized spacial score (nSPS) is 19.2. The van der Waals surface area contributed by atoms with Crippen LogP contribution in [0.4, 0.5) is 19.0 Å². The Hall–Kier alpha value is -3.41. The number of hydrogen-bond donors (Lipinski definition) is 1. The van der Waals surface area contributed by atoms with E-state index >= 15 is 0 Å². The highest BCUT2D eigenvalue weighted by Gasteiger charge is 2.43. The Morgan fingerprint density at radius 1 is 1.27 bits per heavy atom. The van der Waals surface area contributed by atoms with Crippen molar-refractivity contribution in [3.05, 3.63) is 46.0 Å². The first kappa shape index (κ1) is 25.2. The first-order chi connectivity index (χ1) is 17.5. The van der Waals surface area contributed by atoms with E-state index < -0.39 is 12.0 Å². The van der Waals surface area contributed by atoms with E-state index in [1.807, 2.05) is 11.0 Å². The molecule has 2 aliphatic rings. The molecule has 1 spiro atoms. The summed E-state index contributed by atoms with van der Waals surface area (Å²) in [5, 5.41) is 7.90. The Bertz CT molecular complexity index is 1380. The van der Waals surface area contributed by atoms with Crippen LogP contribution in [0.2, 0.25) is 5.02 Å². The smallest absolute Gasteiger partial charge is 0.451 e. The number of halogens is 4. The van der Waals surface area contributed by atoms with Gasteiger partial charge in [-0.05, 0) is 43.4 Å². The van der Waals surface area contributed by atoms with E-state index in [0.717, 1.165) is 23.1 Å². The first-order valence-electron chi connectivity index (χ1n) is 11.7. The summed E-state index contributed by atoms with van der Waals surface area (Å²) >= 11 is 6.23. The summed E-state index contributed by atoms with van der Waals surface area (Å²) in [6.07, 6.45) is -0.810. The maximum atomic E-state index is 13.2. The van der Waals surface area contributed by atoms with Gasteiger partial charge in [-0.1, -0.05) is 11.6 Å². The largest absolute Gasteiger partial charge is 0.481 e. The summed E-state index contributed by atoms with van der Waals surface area (Å²) in [5.41, 5.74) is 2.21. The number of hydrogen-bond acceptors (Lipinski definition) is 7. The molecule has 1 saturated heterocycles. The van der Waals surface area contributed by atoms with Gasteiger partial charge in [0.2, 0.25) is 17.6 Å². The molecule has 0 unspecified atom stereocenters. The van der Waals surface area contributed by atoms with Crippen LogP contribution < -0.4 is 10.1 Å². The minimum atomic E-state index is -4.59. The van der Waals surface area contributed by atoms with Gasteiger partial charge in [0.25, 0.3) is 0 Å². The Labute approximate surface area is 216 Å². The fraction of sp³-hybridized carbons (Fsp3) is 0.458. The zero-order valence-electron chi connectivity index (χ0n) is 20.5. The van der Waals surface area contributed by atoms with Crippen molar-refractivity contribution in [2.75, 3.05) is 25.5 Å². The molecule has 13 heteroatoms. The van der Waals surface area contributed by atoms with Crippen molar-refractivity contribution in [2.45, 2.75) is 44.3 Å². The fourth-order valence-corrected chi connectivity index (χ4v) is 5.15. The number of likely N-dealkylation sites (tertiary alicyclic amines) is 1. The van der Waals surface area contributed by atoms with Gasteiger partial charge in [0.15, 0.2) is 5.82 Å². The Kier molecular flexibility index (Phi) is 6.25. The van der Waals surface area contributed by atoms with Crippen LogP contribution in [-0.2, 0) is 30.9 Å². The number of ether oxygens (including phenoxy) is 1. The van der Waals surface area contributed by atoms with Crippen molar-refractivity contribution in [2.24, 2.45) is 7.05 Å². The van der Waals surface area contributed by atoms with E-state index in [1.165, 1.54) is 20.4 Å². The zero-order chi connectivity index (χ0) is 26.5. The second kappa shape index (κ2) is 9.16. The first-order valence-corrected chi connectivity index (χ1v) is 12.1. The molecule has 2 aliphatic heterocycles. The fourth-order valence-electron chi connectivity index (χ4n) is 4.98. The Morgan fingerprint density at radius 2 is 2.05 bits per heavy atom. The van der Waals surface area contributed by atoms with Gasteiger partial charge in [0.1, 0.15) is 5.82 Å². The minimum absolute atomic E-state index is 0.00745. The van der Waals surface area contributed by atoms with Crippen LogP contribution in [-0.4, -0.2) is 61.3 Å². The molecule has 1 atom stereocenters. The Morgan fingerprint density at radius 3 is 2.76 bits per heavy atom. The maximum Gasteiger partial charge on any atom is 0.451 e. The lowest BCUT2D eigenvalue weighted by Crippen LogP contribution is -2.45. The van der Waals surface area contributed by atoms with Gasteiger partial charge in [0, 0.05) is 38.0 Å². The molecule has 5 rings (SSSR count). The van der Waals surface area contributed by atoms with E-state index in [1.54, 1.807) is 13.0 Å². The standard InChI is InChI=1S/C24H25ClF3N7O2/c1-13-16(21-31-22(24(26,27)28)34(2)33-21)8-14-4-5-23(32-20(14)30-13)6-7-35(12-23)19(36)10-15-9-18(37-3)29-11-17(15)25/h8-9,11H,4-7,10,12H2,1-3H3,(H,30,32)/t23-/m0/s1. The Balaban J connectivity index is 1.32. The number of carbonyl (C=O) groups is 1. The number of amides is 1. The molecule has 1 fully saturated rings. The van der Waals surface area contributed by atoms with Gasteiger partial charge in [0.05, 0.1) is 29.8 Å². The van der Waals surface area contributed by atoms with Crippen LogP contribution >= 0.6 is 11.6 Å². The second-order valence-corrected chi connectivity index (χ2v) is 9.88. The van der Waals surface area contributed by atoms with Gasteiger partial charge in [-0.3, -0.25) is 4.79 Å². The number of aryl methyl sites for hydroxylation is 3. The summed E-state index contributed by atoms with van der Waals surface area (Å²) in [4.78, 5) is 27.3. The summed E-state index contributed by atoms with van der Waals surface area (Å²) < 4.78 is 45.5. The number of fused-ring (bicyclic) bond motifs is 1. The third kappa shape index (κ3) is 4.81. The summed E-state index contributed by atoms with van der Waals surface area (Å²) in [7, 11) is 2.72. The predicted octanol–water partition coefficient (Wildman–Crippen LogP) is 3.83. The number of nitrogens with one attached hydrogen (secondary N) is 1. The topological polar surface area (TPSA) is 98.1 Å². The number of pyridine rings is 2. The van der Waals surface area contributed by atoms with Gasteiger partial charge in [-0.15, -0.1) is 0 Å². The van der Waals surface area contributed by atoms with Crippen LogP contribution in [0.25, 0.3) is 11.4 Å². The molecule has 3 aromatic rings. The summed E-state index contributed by atoms with van der Waals surface area (Å²) in [6.45, 7) is 2.83. The van der Waals surface area contributed by atoms with Crippen molar-refractivity contribution >= 4 is 23.3 Å². The number of alkyl halides is 3. The van der Waals surface area contributed by atoms with E-state index in [0.29, 0.717) is 53.1 Å². The van der Waals surface area contributed by atoms with Crippen molar-refractivity contribution in [1.82, 2.24) is 29.6 Å². The van der Waals surface area contributed by atoms with Crippen molar-refractivity contribution < 1.29 is 22.7 Å². The van der Waals surface area contributed by atoms with Gasteiger partial charge >= 0.3 is 6.18 Å². The number of nitrogens with zero attached hydrogens (tertiary/aromatic N) is 6. The summed E-state index contributed by atoms with van der Waals surface area (Å²) in [5.74, 6) is -0.0330. The third-order valence-corrected chi connectivity index (χ3v) is 7.31. The molecular formula is C24H25ClF3N7O2. The van der Waals surface area contributed by atoms with Crippen LogP contribution in [0.3, 0.4) is 0 Å². The molecular weight excluding hydrogens is 511 g/mol. The van der Waals surface area contributed by atoms with Crippen LogP contribution in [0.5, 0.6) is 5.88 Å². The average Bonchev–Trinajstić information content (AvgIpc) is 3.44. The van der Waals surface area contributed by atoms with Crippen LogP contribution in [0.15, 0.2) is 18.3 Å². The highest BCUT2D eigenvalue weighted by atomic mass is 35.5. The molecule has 0 bridgehead atoms. The van der Waals surface area contributed by atoms with Crippen LogP contribution in [0.1, 0.15) is 35.5 Å². The van der Waals surface area contributed by atoms with Crippen molar-refractivity contribution in [3.8, 4) is 17.3 Å². The molecule has 0 saturated carbocycles. The highest BCUT2D eigenvalue weighted by molar-refractivity contribution is 6.31. The molecule has 5 heterocycles. The number of rotatable bonds is 4. The lowest BCUT2D eigenvalue weighted by atomic mass is 9.86. The minimum Gasteiger partial charge on any atom is -0.481 e. The molecule has 0 aliphatic carbocycles. The van der Waals surface area contributed by atoms with E-state index in [2.05, 4.69) is 25.4 Å². The van der Waals surface area contributed by atoms with Gasteiger partial charge in [-0.2, -0.15) is 18.3 Å². The van der Waals surface area contributed by atoms with Gasteiger partial charge in [-0.25, -0.2) is 19.6 Å². The third-order valence-electron chi connectivity index (χ3n) is 6.97. The van der Waals surface area contributed by atoms with E-state index in [-0.39, 0.29) is 23.7 Å². The predicted molar refractivity (Wildman–Crippen MR) is 129 cm³/mol. The monoisotopic (exact) mass is 535 g/mol. The molecule has 1 amide bonds.